The second-order valence-corrected chi connectivity index (χ2v) is 22.7. The van der Waals surface area contributed by atoms with Gasteiger partial charge in [0.05, 0.1) is 38.8 Å². The summed E-state index contributed by atoms with van der Waals surface area (Å²) in [7, 11) is -0.600. The highest BCUT2D eigenvalue weighted by atomic mass is 35.5. The first kappa shape index (κ1) is 52.4. The summed E-state index contributed by atoms with van der Waals surface area (Å²) in [5, 5.41) is 22.2. The number of amides is 1. The minimum absolute atomic E-state index is 0.0562. The molecule has 9 rings (SSSR count). The summed E-state index contributed by atoms with van der Waals surface area (Å²) in [6.07, 6.45) is 4.03. The van der Waals surface area contributed by atoms with Crippen LogP contribution in [-0.2, 0) is 44.4 Å². The number of nitrogens with zero attached hydrogens (tertiary/aromatic N) is 8. The first-order valence-electron chi connectivity index (χ1n) is 25.1. The van der Waals surface area contributed by atoms with Crippen molar-refractivity contribution in [2.75, 3.05) is 26.8 Å². The Labute approximate surface area is 441 Å². The van der Waals surface area contributed by atoms with E-state index in [9.17, 15) is 18.0 Å². The third-order valence-electron chi connectivity index (χ3n) is 14.0. The number of carbonyl (C=O) groups excluding carboxylic acids is 2. The van der Waals surface area contributed by atoms with Gasteiger partial charge >= 0.3 is 5.97 Å². The van der Waals surface area contributed by atoms with E-state index in [2.05, 4.69) is 39.7 Å². The van der Waals surface area contributed by atoms with E-state index in [0.717, 1.165) is 98.7 Å². The Hall–Kier alpha value is -6.47. The molecule has 7 aromatic rings. The van der Waals surface area contributed by atoms with Crippen LogP contribution in [0.5, 0.6) is 11.5 Å². The van der Waals surface area contributed by atoms with E-state index in [-0.39, 0.29) is 49.3 Å². The van der Waals surface area contributed by atoms with Gasteiger partial charge in [-0.3, -0.25) is 19.1 Å². The lowest BCUT2D eigenvalue weighted by Crippen LogP contribution is -2.35. The third kappa shape index (κ3) is 10.9. The van der Waals surface area contributed by atoms with E-state index < -0.39 is 28.1 Å². The number of unbranched alkanes of at least 4 members (excludes halogenated alkanes) is 3. The molecule has 0 bridgehead atoms. The quantitative estimate of drug-likeness (QED) is 0.0637. The smallest absolute Gasteiger partial charge is 0.306 e. The number of carbonyl (C=O) groups is 2. The molecule has 0 spiro atoms. The SMILES string of the molecule is CCOC(=O)CC(c1ccc(C)c(CN2C[C@@H](C)Oc3cc(CCCCCCNC(=O)C[C@@H]4N=C(c5ccc(Cl)cc5)c5c(sc(C)c5C)-n5c(C)nnc54)ccc3S2(=O)=O)c1)c1cc(OC)c2c(c1)nnn2C. The van der Waals surface area contributed by atoms with Gasteiger partial charge in [0.15, 0.2) is 5.82 Å². The number of esters is 1. The Balaban J connectivity index is 0.817. The van der Waals surface area contributed by atoms with E-state index in [1.54, 1.807) is 43.2 Å². The highest BCUT2D eigenvalue weighted by Crippen LogP contribution is 2.41. The summed E-state index contributed by atoms with van der Waals surface area (Å²) in [5.41, 5.74) is 9.57. The summed E-state index contributed by atoms with van der Waals surface area (Å²) in [6, 6.07) is 22.2. The van der Waals surface area contributed by atoms with Gasteiger partial charge in [0.1, 0.15) is 50.4 Å². The molecule has 0 fully saturated rings. The molecule has 3 atom stereocenters. The molecule has 0 saturated carbocycles. The molecule has 1 unspecified atom stereocenters. The number of aromatic nitrogens is 6. The number of aliphatic imine (C=N–C) groups is 1. The van der Waals surface area contributed by atoms with E-state index in [0.29, 0.717) is 34.4 Å². The molecule has 0 saturated heterocycles. The minimum Gasteiger partial charge on any atom is -0.494 e. The first-order chi connectivity index (χ1) is 35.5. The number of aryl methyl sites for hydroxylation is 5. The van der Waals surface area contributed by atoms with Gasteiger partial charge in [-0.15, -0.1) is 26.6 Å². The fraction of sp³-hybridized carbons (Fsp3) is 0.400. The van der Waals surface area contributed by atoms with Crippen LogP contribution < -0.4 is 14.8 Å². The molecule has 1 amide bonds. The molecule has 0 aliphatic carbocycles. The average Bonchev–Trinajstić information content (AvgIpc) is 3.99. The highest BCUT2D eigenvalue weighted by molar-refractivity contribution is 7.89. The van der Waals surface area contributed by atoms with Gasteiger partial charge in [-0.2, -0.15) is 4.31 Å². The molecule has 1 N–H and O–H groups in total. The Morgan fingerprint density at radius 2 is 1.73 bits per heavy atom. The third-order valence-corrected chi connectivity index (χ3v) is 17.3. The lowest BCUT2D eigenvalue weighted by molar-refractivity contribution is -0.143. The van der Waals surface area contributed by atoms with E-state index >= 15 is 0 Å². The van der Waals surface area contributed by atoms with Crippen molar-refractivity contribution < 1.29 is 32.2 Å². The fourth-order valence-corrected chi connectivity index (χ4v) is 12.9. The van der Waals surface area contributed by atoms with Gasteiger partial charge in [-0.25, -0.2) is 13.1 Å². The van der Waals surface area contributed by atoms with Crippen molar-refractivity contribution >= 4 is 61.6 Å². The fourth-order valence-electron chi connectivity index (χ4n) is 9.97. The standard InChI is InChI=1S/C55H62ClN9O7S2/c1-9-71-50(67)28-43(40-26-44-53(47(27-40)70-8)63(7)62-60-44)39-17-15-32(2)41(25-39)31-64-30-33(3)72-46-24-37(16-22-48(46)74(64,68)69)14-12-10-11-13-23-57-49(66)29-45-54-61-59-36(6)65(54)55-51(34(4)35(5)73-55)52(58-45)38-18-20-42(56)21-19-38/h15-22,24-27,33,43,45H,9-14,23,28-31H2,1-8H3,(H,57,66)/t33-,43?,45+/m1/s1. The summed E-state index contributed by atoms with van der Waals surface area (Å²) < 4.78 is 51.7. The van der Waals surface area contributed by atoms with Crippen molar-refractivity contribution in [2.45, 2.75) is 116 Å². The number of sulfonamides is 1. The maximum atomic E-state index is 14.5. The second-order valence-electron chi connectivity index (χ2n) is 19.2. The van der Waals surface area contributed by atoms with Crippen LogP contribution in [0.4, 0.5) is 0 Å². The zero-order chi connectivity index (χ0) is 52.4. The van der Waals surface area contributed by atoms with Crippen LogP contribution in [0, 0.1) is 27.7 Å². The monoisotopic (exact) mass is 1060 g/mol. The number of rotatable bonds is 18. The van der Waals surface area contributed by atoms with Crippen LogP contribution in [0.1, 0.15) is 125 Å². The zero-order valence-electron chi connectivity index (χ0n) is 43.1. The number of hydrogen-bond donors (Lipinski definition) is 1. The molecule has 5 heterocycles. The average molecular weight is 1060 g/mol. The van der Waals surface area contributed by atoms with Crippen molar-refractivity contribution in [3.63, 3.8) is 0 Å². The molecule has 19 heteroatoms. The van der Waals surface area contributed by atoms with Crippen molar-refractivity contribution in [1.29, 1.82) is 0 Å². The molecule has 388 valence electrons. The van der Waals surface area contributed by atoms with Crippen LogP contribution in [-0.4, -0.2) is 93.0 Å². The Morgan fingerprint density at radius 1 is 0.946 bits per heavy atom. The number of hydrogen-bond acceptors (Lipinski definition) is 13. The normalized spacial score (nSPS) is 16.5. The Kier molecular flexibility index (Phi) is 15.7. The molecular weight excluding hydrogens is 998 g/mol. The number of thiophene rings is 1. The van der Waals surface area contributed by atoms with Crippen molar-refractivity contribution in [3.05, 3.63) is 139 Å². The van der Waals surface area contributed by atoms with Crippen LogP contribution >= 0.6 is 22.9 Å². The van der Waals surface area contributed by atoms with Gasteiger partial charge in [-0.05, 0) is 131 Å². The zero-order valence-corrected chi connectivity index (χ0v) is 45.5. The minimum atomic E-state index is -3.98. The summed E-state index contributed by atoms with van der Waals surface area (Å²) in [4.78, 5) is 33.1. The number of methoxy groups -OCH3 is 1. The predicted octanol–water partition coefficient (Wildman–Crippen LogP) is 9.76. The van der Waals surface area contributed by atoms with Gasteiger partial charge in [-0.1, -0.05) is 66.1 Å². The number of fused-ring (bicyclic) bond motifs is 5. The van der Waals surface area contributed by atoms with Gasteiger partial charge in [0.25, 0.3) is 0 Å². The number of ether oxygens (including phenoxy) is 3. The molecule has 4 aromatic carbocycles. The Morgan fingerprint density at radius 3 is 2.50 bits per heavy atom. The largest absolute Gasteiger partial charge is 0.494 e. The molecule has 74 heavy (non-hydrogen) atoms. The second kappa shape index (κ2) is 22.2. The first-order valence-corrected chi connectivity index (χ1v) is 27.7. The van der Waals surface area contributed by atoms with E-state index in [1.807, 2.05) is 92.1 Å². The highest BCUT2D eigenvalue weighted by Gasteiger charge is 2.35. The van der Waals surface area contributed by atoms with E-state index in [4.69, 9.17) is 30.8 Å². The van der Waals surface area contributed by atoms with E-state index in [1.165, 1.54) is 9.18 Å². The maximum Gasteiger partial charge on any atom is 0.306 e. The van der Waals surface area contributed by atoms with Crippen LogP contribution in [0.3, 0.4) is 0 Å². The van der Waals surface area contributed by atoms with Gasteiger partial charge in [0.2, 0.25) is 15.9 Å². The molecule has 16 nitrogen and oxygen atoms in total. The van der Waals surface area contributed by atoms with Gasteiger partial charge in [0, 0.05) is 47.1 Å². The van der Waals surface area contributed by atoms with Crippen LogP contribution in [0.25, 0.3) is 16.0 Å². The van der Waals surface area contributed by atoms with Crippen LogP contribution in [0.15, 0.2) is 82.7 Å². The number of halogens is 1. The summed E-state index contributed by atoms with van der Waals surface area (Å²) in [5.74, 6) is 1.40. The lowest BCUT2D eigenvalue weighted by Gasteiger charge is -2.24. The van der Waals surface area contributed by atoms with Gasteiger partial charge < -0.3 is 19.5 Å². The number of nitrogens with one attached hydrogen (secondary N) is 1. The van der Waals surface area contributed by atoms with Crippen molar-refractivity contribution in [1.82, 2.24) is 39.4 Å². The molecular formula is C55H62ClN9O7S2. The predicted molar refractivity (Wildman–Crippen MR) is 287 cm³/mol. The molecule has 0 radical (unpaired) electrons. The Bertz CT molecular complexity index is 3380. The van der Waals surface area contributed by atoms with Crippen LogP contribution in [0.2, 0.25) is 5.02 Å². The maximum absolute atomic E-state index is 14.5. The topological polar surface area (TPSA) is 185 Å². The summed E-state index contributed by atoms with van der Waals surface area (Å²) >= 11 is 7.95. The molecule has 2 aliphatic rings. The molecule has 2 aliphatic heterocycles. The van der Waals surface area contributed by atoms with Crippen molar-refractivity contribution in [3.8, 4) is 16.5 Å². The van der Waals surface area contributed by atoms with Crippen molar-refractivity contribution in [2.24, 2.45) is 12.0 Å². The summed E-state index contributed by atoms with van der Waals surface area (Å²) in [6.45, 7) is 12.8. The molecule has 3 aromatic heterocycles. The lowest BCUT2D eigenvalue weighted by atomic mass is 9.86. The number of benzene rings is 4.